The molecular weight excluding hydrogens is 190 g/mol. The van der Waals surface area contributed by atoms with Gasteiger partial charge in [0.15, 0.2) is 0 Å². The maximum atomic E-state index is 8.18. The monoisotopic (exact) mass is 199 g/mol. The number of nitrogens with zero attached hydrogens (tertiary/aromatic N) is 5. The third-order valence-corrected chi connectivity index (χ3v) is 1.97. The fourth-order valence-corrected chi connectivity index (χ4v) is 1.28. The van der Waals surface area contributed by atoms with Gasteiger partial charge in [-0.25, -0.2) is 4.68 Å². The summed E-state index contributed by atoms with van der Waals surface area (Å²) in [6.07, 6.45) is 3.55. The highest BCUT2D eigenvalue weighted by atomic mass is 15.3. The summed E-state index contributed by atoms with van der Waals surface area (Å²) < 4.78 is 1.75. The van der Waals surface area contributed by atoms with Crippen molar-refractivity contribution in [3.05, 3.63) is 58.7 Å². The van der Waals surface area contributed by atoms with Crippen LogP contribution in [0.25, 0.3) is 16.1 Å². The van der Waals surface area contributed by atoms with Crippen LogP contribution in [0.2, 0.25) is 0 Å². The maximum absolute atomic E-state index is 8.18. The predicted molar refractivity (Wildman–Crippen MR) is 56.4 cm³/mol. The second-order valence-electron chi connectivity index (χ2n) is 3.02. The van der Waals surface area contributed by atoms with Gasteiger partial charge in [-0.1, -0.05) is 23.3 Å². The topological polar surface area (TPSA) is 66.6 Å². The zero-order valence-corrected chi connectivity index (χ0v) is 7.98. The standard InChI is InChI=1S/C10H9N5/c11-14-12-6-9-7-13-15(8-9)10-4-2-1-3-5-10/h1-5,7-8H,6H2. The third-order valence-electron chi connectivity index (χ3n) is 1.97. The van der Waals surface area contributed by atoms with Gasteiger partial charge in [-0.15, -0.1) is 0 Å². The van der Waals surface area contributed by atoms with Gasteiger partial charge in [-0.05, 0) is 23.2 Å². The van der Waals surface area contributed by atoms with Crippen LogP contribution in [0.4, 0.5) is 0 Å². The summed E-state index contributed by atoms with van der Waals surface area (Å²) in [5, 5.41) is 7.65. The number of aromatic nitrogens is 2. The molecule has 74 valence electrons. The molecule has 0 bridgehead atoms. The summed E-state index contributed by atoms with van der Waals surface area (Å²) in [6.45, 7) is 0.337. The SMILES string of the molecule is [N-]=[N+]=NCc1cnn(-c2ccccc2)c1. The number of azide groups is 1. The van der Waals surface area contributed by atoms with Gasteiger partial charge in [0.2, 0.25) is 0 Å². The van der Waals surface area contributed by atoms with Crippen LogP contribution in [0.1, 0.15) is 5.56 Å². The van der Waals surface area contributed by atoms with Crippen LogP contribution in [0.5, 0.6) is 0 Å². The minimum Gasteiger partial charge on any atom is -0.241 e. The van der Waals surface area contributed by atoms with E-state index in [4.69, 9.17) is 5.53 Å². The van der Waals surface area contributed by atoms with Crippen LogP contribution < -0.4 is 0 Å². The van der Waals surface area contributed by atoms with Crippen molar-refractivity contribution in [1.82, 2.24) is 9.78 Å². The highest BCUT2D eigenvalue weighted by molar-refractivity contribution is 5.30. The molecule has 5 heteroatoms. The molecule has 1 aromatic heterocycles. The van der Waals surface area contributed by atoms with Gasteiger partial charge >= 0.3 is 0 Å². The van der Waals surface area contributed by atoms with Crippen LogP contribution in [0.15, 0.2) is 47.8 Å². The lowest BCUT2D eigenvalue weighted by Crippen LogP contribution is -1.92. The Morgan fingerprint density at radius 3 is 2.87 bits per heavy atom. The lowest BCUT2D eigenvalue weighted by molar-refractivity contribution is 0.879. The van der Waals surface area contributed by atoms with Crippen LogP contribution in [-0.2, 0) is 6.54 Å². The fourth-order valence-electron chi connectivity index (χ4n) is 1.28. The van der Waals surface area contributed by atoms with Crippen LogP contribution >= 0.6 is 0 Å². The van der Waals surface area contributed by atoms with Gasteiger partial charge in [0, 0.05) is 11.1 Å². The first-order valence-corrected chi connectivity index (χ1v) is 4.50. The Morgan fingerprint density at radius 2 is 2.13 bits per heavy atom. The Kier molecular flexibility index (Phi) is 2.67. The minimum atomic E-state index is 0.337. The van der Waals surface area contributed by atoms with E-state index < -0.39 is 0 Å². The van der Waals surface area contributed by atoms with E-state index in [0.717, 1.165) is 11.3 Å². The molecule has 1 heterocycles. The molecule has 0 saturated heterocycles. The Hall–Kier alpha value is -2.26. The van der Waals surface area contributed by atoms with E-state index >= 15 is 0 Å². The first-order valence-electron chi connectivity index (χ1n) is 4.50. The molecule has 1 aromatic carbocycles. The Bertz CT molecular complexity index is 482. The predicted octanol–water partition coefficient (Wildman–Crippen LogP) is 2.68. The van der Waals surface area contributed by atoms with E-state index in [1.165, 1.54) is 0 Å². The van der Waals surface area contributed by atoms with Gasteiger partial charge in [0.05, 0.1) is 18.4 Å². The molecule has 5 nitrogen and oxygen atoms in total. The summed E-state index contributed by atoms with van der Waals surface area (Å²) in [5.41, 5.74) is 10.1. The summed E-state index contributed by atoms with van der Waals surface area (Å²) in [5.74, 6) is 0. The first-order chi connectivity index (χ1) is 7.40. The van der Waals surface area contributed by atoms with Gasteiger partial charge < -0.3 is 0 Å². The summed E-state index contributed by atoms with van der Waals surface area (Å²) in [6, 6.07) is 9.77. The second-order valence-corrected chi connectivity index (χ2v) is 3.02. The van der Waals surface area contributed by atoms with Gasteiger partial charge in [0.1, 0.15) is 0 Å². The molecule has 0 radical (unpaired) electrons. The van der Waals surface area contributed by atoms with Crippen LogP contribution in [0.3, 0.4) is 0 Å². The molecule has 0 spiro atoms. The number of rotatable bonds is 3. The summed E-state index contributed by atoms with van der Waals surface area (Å²) in [4.78, 5) is 2.70. The van der Waals surface area contributed by atoms with Crippen LogP contribution in [-0.4, -0.2) is 9.78 Å². The minimum absolute atomic E-state index is 0.337. The third kappa shape index (κ3) is 2.15. The van der Waals surface area contributed by atoms with Crippen molar-refractivity contribution in [2.24, 2.45) is 5.11 Å². The number of para-hydroxylation sites is 1. The average Bonchev–Trinajstić information content (AvgIpc) is 2.76. The zero-order valence-electron chi connectivity index (χ0n) is 7.98. The van der Waals surface area contributed by atoms with Crippen molar-refractivity contribution in [1.29, 1.82) is 0 Å². The molecule has 0 aliphatic carbocycles. The van der Waals surface area contributed by atoms with E-state index in [2.05, 4.69) is 15.1 Å². The van der Waals surface area contributed by atoms with E-state index in [9.17, 15) is 0 Å². The van der Waals surface area contributed by atoms with Crippen LogP contribution in [0, 0.1) is 0 Å². The van der Waals surface area contributed by atoms with Crippen molar-refractivity contribution in [3.63, 3.8) is 0 Å². The highest BCUT2D eigenvalue weighted by Crippen LogP contribution is 2.08. The van der Waals surface area contributed by atoms with Crippen molar-refractivity contribution >= 4 is 0 Å². The zero-order chi connectivity index (χ0) is 10.5. The normalized spacial score (nSPS) is 9.60. The number of benzene rings is 1. The molecule has 0 atom stereocenters. The van der Waals surface area contributed by atoms with Crippen molar-refractivity contribution in [3.8, 4) is 5.69 Å². The van der Waals surface area contributed by atoms with Gasteiger partial charge in [-0.3, -0.25) is 0 Å². The smallest absolute Gasteiger partial charge is 0.0645 e. The molecule has 0 saturated carbocycles. The molecule has 0 fully saturated rings. The van der Waals surface area contributed by atoms with E-state index in [0.29, 0.717) is 6.54 Å². The molecule has 0 aliphatic rings. The van der Waals surface area contributed by atoms with Crippen molar-refractivity contribution in [2.45, 2.75) is 6.54 Å². The number of hydrogen-bond acceptors (Lipinski definition) is 2. The summed E-state index contributed by atoms with van der Waals surface area (Å²) in [7, 11) is 0. The first kappa shape index (κ1) is 9.30. The van der Waals surface area contributed by atoms with E-state index in [1.54, 1.807) is 10.9 Å². The second kappa shape index (κ2) is 4.30. The largest absolute Gasteiger partial charge is 0.241 e. The lowest BCUT2D eigenvalue weighted by atomic mass is 10.3. The quantitative estimate of drug-likeness (QED) is 0.425. The molecule has 2 rings (SSSR count). The Morgan fingerprint density at radius 1 is 1.33 bits per heavy atom. The van der Waals surface area contributed by atoms with Crippen molar-refractivity contribution < 1.29 is 0 Å². The molecule has 2 aromatic rings. The fraction of sp³-hybridized carbons (Fsp3) is 0.100. The van der Waals surface area contributed by atoms with Crippen molar-refractivity contribution in [2.75, 3.05) is 0 Å². The molecule has 0 N–H and O–H groups in total. The molecule has 0 aliphatic heterocycles. The molecule has 15 heavy (non-hydrogen) atoms. The maximum Gasteiger partial charge on any atom is 0.0645 e. The lowest BCUT2D eigenvalue weighted by Gasteiger charge is -1.98. The van der Waals surface area contributed by atoms with E-state index in [1.807, 2.05) is 36.5 Å². The van der Waals surface area contributed by atoms with E-state index in [-0.39, 0.29) is 0 Å². The average molecular weight is 199 g/mol. The van der Waals surface area contributed by atoms with Gasteiger partial charge in [0.25, 0.3) is 0 Å². The molecular formula is C10H9N5. The molecule has 0 amide bonds. The molecule has 0 unspecified atom stereocenters. The summed E-state index contributed by atoms with van der Waals surface area (Å²) >= 11 is 0. The van der Waals surface area contributed by atoms with Gasteiger partial charge in [-0.2, -0.15) is 5.10 Å². The number of hydrogen-bond donors (Lipinski definition) is 0. The Balaban J connectivity index is 2.24. The Labute approximate surface area is 86.6 Å². The highest BCUT2D eigenvalue weighted by Gasteiger charge is 1.98.